The molecule has 0 spiro atoms. The minimum absolute atomic E-state index is 0.00122. The van der Waals surface area contributed by atoms with Crippen molar-refractivity contribution in [2.24, 2.45) is 0 Å². The van der Waals surface area contributed by atoms with Crippen LogP contribution in [0.1, 0.15) is 37.9 Å². The molecule has 1 unspecified atom stereocenters. The smallest absolute Gasteiger partial charge is 0.300 e. The van der Waals surface area contributed by atoms with Gasteiger partial charge in [0.2, 0.25) is 0 Å². The minimum atomic E-state index is -0.844. The molecule has 4 rings (SSSR count). The first-order valence-corrected chi connectivity index (χ1v) is 11.8. The molecule has 1 aliphatic heterocycles. The number of benzene rings is 3. The lowest BCUT2D eigenvalue weighted by molar-refractivity contribution is -0.132. The Kier molecular flexibility index (Phi) is 7.29. The van der Waals surface area contributed by atoms with Crippen molar-refractivity contribution >= 4 is 23.1 Å². The fraction of sp³-hybridized carbons (Fsp3) is 0.241. The minimum Gasteiger partial charge on any atom is -0.507 e. The summed E-state index contributed by atoms with van der Waals surface area (Å²) in [5.41, 5.74) is 1.55. The molecule has 0 bridgehead atoms. The van der Waals surface area contributed by atoms with Crippen LogP contribution in [0.15, 0.2) is 78.4 Å². The zero-order valence-corrected chi connectivity index (χ0v) is 20.7. The highest BCUT2D eigenvalue weighted by Crippen LogP contribution is 2.43. The van der Waals surface area contributed by atoms with Crippen molar-refractivity contribution in [3.8, 4) is 17.2 Å². The van der Waals surface area contributed by atoms with Gasteiger partial charge >= 0.3 is 0 Å². The van der Waals surface area contributed by atoms with Crippen LogP contribution in [0.4, 0.5) is 5.69 Å². The Bertz CT molecular complexity index is 1280. The van der Waals surface area contributed by atoms with Crippen LogP contribution in [0, 0.1) is 0 Å². The zero-order valence-electron chi connectivity index (χ0n) is 20.7. The summed E-state index contributed by atoms with van der Waals surface area (Å²) in [5, 5.41) is 11.3. The number of Topliss-reactive ketones (excluding diaryl/α,β-unsaturated/α-hetero) is 1. The molecule has 1 fully saturated rings. The lowest BCUT2D eigenvalue weighted by Crippen LogP contribution is -2.29. The number of methoxy groups -OCH3 is 1. The summed E-state index contributed by atoms with van der Waals surface area (Å²) in [6.45, 7) is 6.17. The second kappa shape index (κ2) is 10.6. The molecular formula is C29H29NO6. The molecule has 7 heteroatoms. The van der Waals surface area contributed by atoms with Gasteiger partial charge in [0.15, 0.2) is 0 Å². The maximum absolute atomic E-state index is 13.3. The van der Waals surface area contributed by atoms with Crippen molar-refractivity contribution in [1.82, 2.24) is 0 Å². The van der Waals surface area contributed by atoms with Crippen molar-refractivity contribution in [2.75, 3.05) is 18.6 Å². The van der Waals surface area contributed by atoms with Gasteiger partial charge in [0.05, 0.1) is 31.4 Å². The third-order valence-corrected chi connectivity index (χ3v) is 5.78. The fourth-order valence-corrected chi connectivity index (χ4v) is 4.21. The van der Waals surface area contributed by atoms with Gasteiger partial charge in [-0.3, -0.25) is 14.5 Å². The molecule has 1 amide bonds. The van der Waals surface area contributed by atoms with E-state index < -0.39 is 17.7 Å². The monoisotopic (exact) mass is 487 g/mol. The van der Waals surface area contributed by atoms with Crippen LogP contribution < -0.4 is 19.1 Å². The summed E-state index contributed by atoms with van der Waals surface area (Å²) >= 11 is 0. The Morgan fingerprint density at radius 3 is 2.22 bits per heavy atom. The highest BCUT2D eigenvalue weighted by atomic mass is 16.5. The average Bonchev–Trinajstić information content (AvgIpc) is 3.14. The van der Waals surface area contributed by atoms with Gasteiger partial charge in [0.1, 0.15) is 23.0 Å². The van der Waals surface area contributed by atoms with Crippen LogP contribution in [0.25, 0.3) is 5.76 Å². The van der Waals surface area contributed by atoms with Crippen LogP contribution in [0.2, 0.25) is 0 Å². The van der Waals surface area contributed by atoms with Crippen LogP contribution >= 0.6 is 0 Å². The van der Waals surface area contributed by atoms with Crippen molar-refractivity contribution in [3.05, 3.63) is 89.5 Å². The molecule has 0 saturated carbocycles. The Labute approximate surface area is 210 Å². The van der Waals surface area contributed by atoms with Gasteiger partial charge < -0.3 is 19.3 Å². The number of aliphatic hydroxyl groups excluding tert-OH is 1. The second-order valence-electron chi connectivity index (χ2n) is 8.56. The topological polar surface area (TPSA) is 85.3 Å². The summed E-state index contributed by atoms with van der Waals surface area (Å²) in [4.78, 5) is 28.1. The maximum Gasteiger partial charge on any atom is 0.300 e. The predicted octanol–water partition coefficient (Wildman–Crippen LogP) is 5.51. The molecule has 7 nitrogen and oxygen atoms in total. The molecule has 186 valence electrons. The van der Waals surface area contributed by atoms with Gasteiger partial charge in [-0.25, -0.2) is 0 Å². The first kappa shape index (κ1) is 24.9. The molecule has 0 radical (unpaired) electrons. The number of carbonyl (C=O) groups is 2. The molecule has 1 N–H and O–H groups in total. The SMILES string of the molecule is CCOc1cccc(/C(O)=C2/C(=O)C(=O)N(c3ccc(OC(C)C)cc3)C2c2ccc(OC)cc2)c1. The highest BCUT2D eigenvalue weighted by Gasteiger charge is 2.47. The van der Waals surface area contributed by atoms with Crippen LogP contribution in [-0.4, -0.2) is 36.6 Å². The number of nitrogens with zero attached hydrogens (tertiary/aromatic N) is 1. The van der Waals surface area contributed by atoms with E-state index in [1.54, 1.807) is 79.9 Å². The summed E-state index contributed by atoms with van der Waals surface area (Å²) in [6.07, 6.45) is -0.00294. The van der Waals surface area contributed by atoms with E-state index in [1.807, 2.05) is 20.8 Å². The third kappa shape index (κ3) is 4.91. The summed E-state index contributed by atoms with van der Waals surface area (Å²) < 4.78 is 16.5. The number of aliphatic hydroxyl groups is 1. The standard InChI is InChI=1S/C29H29NO6/c1-5-35-24-8-6-7-20(17-24)27(31)25-26(19-9-13-22(34-4)14-10-19)30(29(33)28(25)32)21-11-15-23(16-12-21)36-18(2)3/h6-18,26,31H,5H2,1-4H3/b27-25-. The van der Waals surface area contributed by atoms with Gasteiger partial charge in [-0.15, -0.1) is 0 Å². The van der Waals surface area contributed by atoms with Crippen molar-refractivity contribution in [2.45, 2.75) is 32.9 Å². The molecule has 1 heterocycles. The van der Waals surface area contributed by atoms with Crippen molar-refractivity contribution in [1.29, 1.82) is 0 Å². The van der Waals surface area contributed by atoms with E-state index in [2.05, 4.69) is 0 Å². The van der Waals surface area contributed by atoms with E-state index in [-0.39, 0.29) is 17.4 Å². The third-order valence-electron chi connectivity index (χ3n) is 5.78. The number of anilines is 1. The van der Waals surface area contributed by atoms with Gasteiger partial charge in [-0.2, -0.15) is 0 Å². The van der Waals surface area contributed by atoms with E-state index in [9.17, 15) is 14.7 Å². The predicted molar refractivity (Wildman–Crippen MR) is 138 cm³/mol. The van der Waals surface area contributed by atoms with Crippen LogP contribution in [0.5, 0.6) is 17.2 Å². The molecule has 3 aromatic rings. The highest BCUT2D eigenvalue weighted by molar-refractivity contribution is 6.51. The Morgan fingerprint density at radius 1 is 0.944 bits per heavy atom. The molecule has 1 aliphatic rings. The number of rotatable bonds is 8. The molecule has 36 heavy (non-hydrogen) atoms. The second-order valence-corrected chi connectivity index (χ2v) is 8.56. The molecular weight excluding hydrogens is 458 g/mol. The quantitative estimate of drug-likeness (QED) is 0.256. The van der Waals surface area contributed by atoms with Crippen molar-refractivity contribution < 1.29 is 28.9 Å². The van der Waals surface area contributed by atoms with E-state index >= 15 is 0 Å². The van der Waals surface area contributed by atoms with E-state index in [0.717, 1.165) is 0 Å². The number of carbonyl (C=O) groups excluding carboxylic acids is 2. The Morgan fingerprint density at radius 2 is 1.61 bits per heavy atom. The van der Waals surface area contributed by atoms with E-state index in [1.165, 1.54) is 4.90 Å². The number of amides is 1. The molecule has 3 aromatic carbocycles. The van der Waals surface area contributed by atoms with Crippen LogP contribution in [0.3, 0.4) is 0 Å². The number of hydrogen-bond acceptors (Lipinski definition) is 6. The lowest BCUT2D eigenvalue weighted by atomic mass is 9.95. The molecule has 1 atom stereocenters. The van der Waals surface area contributed by atoms with E-state index in [4.69, 9.17) is 14.2 Å². The van der Waals surface area contributed by atoms with Crippen molar-refractivity contribution in [3.63, 3.8) is 0 Å². The first-order valence-electron chi connectivity index (χ1n) is 11.8. The largest absolute Gasteiger partial charge is 0.507 e. The van der Waals surface area contributed by atoms with Gasteiger partial charge in [0, 0.05) is 11.3 Å². The van der Waals surface area contributed by atoms with Gasteiger partial charge in [-0.1, -0.05) is 24.3 Å². The Hall–Kier alpha value is -4.26. The zero-order chi connectivity index (χ0) is 25.8. The van der Waals surface area contributed by atoms with Crippen LogP contribution in [-0.2, 0) is 9.59 Å². The molecule has 0 aromatic heterocycles. The number of hydrogen-bond donors (Lipinski definition) is 1. The fourth-order valence-electron chi connectivity index (χ4n) is 4.21. The normalized spacial score (nSPS) is 16.9. The number of ketones is 1. The van der Waals surface area contributed by atoms with E-state index in [0.29, 0.717) is 40.7 Å². The summed E-state index contributed by atoms with van der Waals surface area (Å²) in [5.74, 6) is 0.0818. The van der Waals surface area contributed by atoms with Gasteiger partial charge in [0.25, 0.3) is 11.7 Å². The first-order chi connectivity index (χ1) is 17.3. The van der Waals surface area contributed by atoms with Gasteiger partial charge in [-0.05, 0) is 74.9 Å². The molecule has 0 aliphatic carbocycles. The maximum atomic E-state index is 13.3. The summed E-state index contributed by atoms with van der Waals surface area (Å²) in [6, 6.07) is 20.0. The molecule has 1 saturated heterocycles. The number of ether oxygens (including phenoxy) is 3. The lowest BCUT2D eigenvalue weighted by Gasteiger charge is -2.26. The summed E-state index contributed by atoms with van der Waals surface area (Å²) in [7, 11) is 1.56. The average molecular weight is 488 g/mol. The Balaban J connectivity index is 1.85.